The fourth-order valence-corrected chi connectivity index (χ4v) is 9.09. The molecular formula is C46H51N9O7. The molecule has 2 atom stereocenters. The van der Waals surface area contributed by atoms with E-state index in [0.717, 1.165) is 109 Å². The lowest BCUT2D eigenvalue weighted by Gasteiger charge is -2.33. The fourth-order valence-electron chi connectivity index (χ4n) is 9.09. The molecule has 3 fully saturated rings. The first-order valence-corrected chi connectivity index (χ1v) is 21.6. The van der Waals surface area contributed by atoms with Gasteiger partial charge in [-0.15, -0.1) is 0 Å². The van der Waals surface area contributed by atoms with E-state index in [4.69, 9.17) is 25.0 Å². The van der Waals surface area contributed by atoms with Gasteiger partial charge < -0.3 is 24.8 Å². The molecule has 9 rings (SSSR count). The summed E-state index contributed by atoms with van der Waals surface area (Å²) in [5, 5.41) is 8.09. The standard InChI is InChI=1S/C46H51N9O7/c47-42-40-41(31-8-11-35(12-9-31)62-34-6-2-1-3-7-34)51-55(43(40)49-29-48-42)33-5-4-19-52(28-33)22-24-61-26-25-60-23-18-30-16-20-53(21-17-30)32-10-13-36-37(27-32)46(59)54(45(36)58)38-14-15-39(56)50-44(38)57/h1-3,6-13,27,29-30,33,38H,4-5,14-26,28H2,(H2,47,48,49)(H,50,56,57). The SMILES string of the molecule is Nc1ncnc2c1c(-c1ccc(Oc3ccccc3)cc1)nn2C1CCCN(CCOCCOCCC2CCN(c3ccc4c(c3)C(=O)N(C3CCC(=O)NC3=O)C4=O)CC2)C1. The number of hydrogen-bond donors (Lipinski definition) is 2. The Morgan fingerprint density at radius 1 is 0.774 bits per heavy atom. The molecule has 0 bridgehead atoms. The molecule has 16 nitrogen and oxygen atoms in total. The molecule has 5 aromatic rings. The summed E-state index contributed by atoms with van der Waals surface area (Å²) in [6.07, 6.45) is 6.72. The van der Waals surface area contributed by atoms with Crippen LogP contribution in [0, 0.1) is 5.92 Å². The quantitative estimate of drug-likeness (QED) is 0.103. The van der Waals surface area contributed by atoms with Crippen LogP contribution in [0.4, 0.5) is 11.5 Å². The van der Waals surface area contributed by atoms with Gasteiger partial charge in [0, 0.05) is 50.5 Å². The first kappa shape index (κ1) is 41.1. The van der Waals surface area contributed by atoms with E-state index in [0.29, 0.717) is 49.3 Å². The van der Waals surface area contributed by atoms with Gasteiger partial charge >= 0.3 is 0 Å². The summed E-state index contributed by atoms with van der Waals surface area (Å²) in [5.41, 5.74) is 10.3. The summed E-state index contributed by atoms with van der Waals surface area (Å²) in [6.45, 7) is 6.68. The molecule has 3 aromatic carbocycles. The van der Waals surface area contributed by atoms with E-state index in [1.807, 2.05) is 65.3 Å². The third-order valence-corrected chi connectivity index (χ3v) is 12.4. The van der Waals surface area contributed by atoms with Crippen LogP contribution in [0.2, 0.25) is 0 Å². The monoisotopic (exact) mass is 841 g/mol. The fraction of sp³-hybridized carbons (Fsp3) is 0.413. The van der Waals surface area contributed by atoms with Crippen molar-refractivity contribution in [2.75, 3.05) is 69.8 Å². The van der Waals surface area contributed by atoms with Crippen LogP contribution in [0.1, 0.15) is 71.7 Å². The van der Waals surface area contributed by atoms with Crippen LogP contribution in [-0.2, 0) is 19.1 Å². The highest BCUT2D eigenvalue weighted by Gasteiger charge is 2.45. The number of aromatic nitrogens is 4. The maximum Gasteiger partial charge on any atom is 0.262 e. The lowest BCUT2D eigenvalue weighted by atomic mass is 9.93. The summed E-state index contributed by atoms with van der Waals surface area (Å²) < 4.78 is 20.0. The Morgan fingerprint density at radius 2 is 1.53 bits per heavy atom. The number of likely N-dealkylation sites (tertiary alicyclic amines) is 1. The third kappa shape index (κ3) is 8.76. The molecule has 0 saturated carbocycles. The summed E-state index contributed by atoms with van der Waals surface area (Å²) in [4.78, 5) is 65.0. The number of nitrogens with zero attached hydrogens (tertiary/aromatic N) is 7. The molecule has 2 unspecified atom stereocenters. The predicted molar refractivity (Wildman–Crippen MR) is 231 cm³/mol. The zero-order chi connectivity index (χ0) is 42.6. The van der Waals surface area contributed by atoms with Crippen LogP contribution in [0.25, 0.3) is 22.3 Å². The van der Waals surface area contributed by atoms with Crippen LogP contribution in [0.5, 0.6) is 11.5 Å². The van der Waals surface area contributed by atoms with Crippen molar-refractivity contribution >= 4 is 46.2 Å². The van der Waals surface area contributed by atoms with Crippen molar-refractivity contribution in [3.63, 3.8) is 0 Å². The van der Waals surface area contributed by atoms with Crippen LogP contribution >= 0.6 is 0 Å². The largest absolute Gasteiger partial charge is 0.457 e. The molecule has 62 heavy (non-hydrogen) atoms. The molecule has 2 aromatic heterocycles. The number of hydrogen-bond acceptors (Lipinski definition) is 13. The summed E-state index contributed by atoms with van der Waals surface area (Å²) >= 11 is 0. The highest BCUT2D eigenvalue weighted by atomic mass is 16.5. The van der Waals surface area contributed by atoms with Gasteiger partial charge in [0.25, 0.3) is 11.8 Å². The minimum Gasteiger partial charge on any atom is -0.457 e. The Balaban J connectivity index is 0.690. The average molecular weight is 842 g/mol. The number of ether oxygens (including phenoxy) is 3. The number of para-hydroxylation sites is 1. The van der Waals surface area contributed by atoms with Gasteiger partial charge in [-0.05, 0) is 106 Å². The number of nitrogen functional groups attached to an aromatic ring is 1. The molecular weight excluding hydrogens is 791 g/mol. The van der Waals surface area contributed by atoms with E-state index >= 15 is 0 Å². The van der Waals surface area contributed by atoms with Crippen molar-refractivity contribution in [1.82, 2.24) is 34.9 Å². The molecule has 4 aliphatic rings. The lowest BCUT2D eigenvalue weighted by molar-refractivity contribution is -0.136. The molecule has 4 amide bonds. The maximum atomic E-state index is 13.3. The van der Waals surface area contributed by atoms with Crippen molar-refractivity contribution in [2.45, 2.75) is 57.0 Å². The summed E-state index contributed by atoms with van der Waals surface area (Å²) in [5.74, 6) is 0.480. The number of nitrogens with two attached hydrogens (primary N) is 1. The van der Waals surface area contributed by atoms with Gasteiger partial charge in [-0.3, -0.25) is 34.3 Å². The number of imide groups is 2. The van der Waals surface area contributed by atoms with E-state index < -0.39 is 29.7 Å². The minimum atomic E-state index is -0.970. The molecule has 4 aliphatic heterocycles. The second-order valence-corrected chi connectivity index (χ2v) is 16.4. The molecule has 0 aliphatic carbocycles. The van der Waals surface area contributed by atoms with Crippen LogP contribution < -0.4 is 20.7 Å². The summed E-state index contributed by atoms with van der Waals surface area (Å²) in [7, 11) is 0. The molecule has 6 heterocycles. The number of carbonyl (C=O) groups excluding carboxylic acids is 4. The number of nitrogens with one attached hydrogen (secondary N) is 1. The van der Waals surface area contributed by atoms with Crippen LogP contribution in [0.3, 0.4) is 0 Å². The number of amides is 4. The first-order valence-electron chi connectivity index (χ1n) is 21.6. The van der Waals surface area contributed by atoms with E-state index in [9.17, 15) is 19.2 Å². The highest BCUT2D eigenvalue weighted by molar-refractivity contribution is 6.23. The molecule has 3 N–H and O–H groups in total. The van der Waals surface area contributed by atoms with Crippen molar-refractivity contribution in [3.8, 4) is 22.8 Å². The second kappa shape index (κ2) is 18.4. The highest BCUT2D eigenvalue weighted by Crippen LogP contribution is 2.36. The van der Waals surface area contributed by atoms with Gasteiger partial charge in [0.15, 0.2) is 5.65 Å². The number of anilines is 2. The number of benzene rings is 3. The Bertz CT molecular complexity index is 2430. The Labute approximate surface area is 359 Å². The van der Waals surface area contributed by atoms with Crippen molar-refractivity contribution in [2.24, 2.45) is 5.92 Å². The Hall–Kier alpha value is -6.23. The van der Waals surface area contributed by atoms with Crippen molar-refractivity contribution in [1.29, 1.82) is 0 Å². The minimum absolute atomic E-state index is 0.0935. The smallest absolute Gasteiger partial charge is 0.262 e. The molecule has 0 radical (unpaired) electrons. The normalized spacial score (nSPS) is 19.9. The predicted octanol–water partition coefficient (Wildman–Crippen LogP) is 5.25. The molecule has 322 valence electrons. The summed E-state index contributed by atoms with van der Waals surface area (Å²) in [6, 6.07) is 22.0. The number of piperidine rings is 3. The topological polar surface area (TPSA) is 187 Å². The van der Waals surface area contributed by atoms with Gasteiger partial charge in [-0.25, -0.2) is 14.6 Å². The van der Waals surface area contributed by atoms with Gasteiger partial charge in [0.2, 0.25) is 11.8 Å². The molecule has 3 saturated heterocycles. The zero-order valence-corrected chi connectivity index (χ0v) is 34.6. The van der Waals surface area contributed by atoms with Gasteiger partial charge in [0.05, 0.1) is 42.4 Å². The lowest BCUT2D eigenvalue weighted by Crippen LogP contribution is -2.54. The molecule has 0 spiro atoms. The van der Waals surface area contributed by atoms with Crippen LogP contribution in [0.15, 0.2) is 79.1 Å². The zero-order valence-electron chi connectivity index (χ0n) is 34.6. The van der Waals surface area contributed by atoms with Gasteiger partial charge in [-0.1, -0.05) is 18.2 Å². The van der Waals surface area contributed by atoms with E-state index in [1.165, 1.54) is 6.33 Å². The number of rotatable bonds is 15. The van der Waals surface area contributed by atoms with E-state index in [-0.39, 0.29) is 18.9 Å². The molecule has 16 heteroatoms. The maximum absolute atomic E-state index is 13.3. The Kier molecular flexibility index (Phi) is 12.2. The van der Waals surface area contributed by atoms with Crippen LogP contribution in [-0.4, -0.2) is 118 Å². The van der Waals surface area contributed by atoms with Crippen molar-refractivity contribution < 1.29 is 33.4 Å². The average Bonchev–Trinajstić information content (AvgIpc) is 3.80. The second-order valence-electron chi connectivity index (χ2n) is 16.4. The van der Waals surface area contributed by atoms with Gasteiger partial charge in [-0.2, -0.15) is 5.10 Å². The van der Waals surface area contributed by atoms with E-state index in [2.05, 4.69) is 25.1 Å². The number of carbonyl (C=O) groups is 4. The first-order chi connectivity index (χ1) is 30.3. The number of fused-ring (bicyclic) bond motifs is 2. The van der Waals surface area contributed by atoms with E-state index in [1.54, 1.807) is 12.1 Å². The third-order valence-electron chi connectivity index (χ3n) is 12.4. The Morgan fingerprint density at radius 3 is 2.32 bits per heavy atom. The van der Waals surface area contributed by atoms with Crippen molar-refractivity contribution in [3.05, 3.63) is 90.3 Å². The van der Waals surface area contributed by atoms with Gasteiger partial charge in [0.1, 0.15) is 35.4 Å².